The second-order valence-corrected chi connectivity index (χ2v) is 4.43. The summed E-state index contributed by atoms with van der Waals surface area (Å²) in [5, 5.41) is 0. The van der Waals surface area contributed by atoms with Gasteiger partial charge in [-0.2, -0.15) is 24.9 Å². The standard InChI is InChI=1S/C11H14F3NOS/c1-17-6-2-5-16-10-4-3-8(15)7-9(10)11(12,13)14/h3-4,7H,2,5-6,15H2,1H3. The van der Waals surface area contributed by atoms with Crippen molar-refractivity contribution >= 4 is 17.4 Å². The van der Waals surface area contributed by atoms with Gasteiger partial charge in [-0.25, -0.2) is 0 Å². The maximum atomic E-state index is 12.7. The van der Waals surface area contributed by atoms with Gasteiger partial charge in [0.1, 0.15) is 5.75 Å². The molecule has 0 unspecified atom stereocenters. The molecule has 0 radical (unpaired) electrons. The zero-order valence-corrected chi connectivity index (χ0v) is 10.2. The Labute approximate surface area is 102 Å². The molecule has 0 aliphatic heterocycles. The molecular weight excluding hydrogens is 251 g/mol. The summed E-state index contributed by atoms with van der Waals surface area (Å²) in [6.07, 6.45) is -1.79. The van der Waals surface area contributed by atoms with Gasteiger partial charge in [0.25, 0.3) is 0 Å². The van der Waals surface area contributed by atoms with E-state index in [4.69, 9.17) is 10.5 Å². The van der Waals surface area contributed by atoms with E-state index in [0.717, 1.165) is 11.8 Å². The van der Waals surface area contributed by atoms with Crippen molar-refractivity contribution in [2.75, 3.05) is 24.3 Å². The molecule has 0 aliphatic carbocycles. The third-order valence-corrected chi connectivity index (χ3v) is 2.76. The number of thioether (sulfide) groups is 1. The quantitative estimate of drug-likeness (QED) is 0.654. The van der Waals surface area contributed by atoms with Gasteiger partial charge in [-0.1, -0.05) is 0 Å². The monoisotopic (exact) mass is 265 g/mol. The fourth-order valence-corrected chi connectivity index (χ4v) is 1.69. The van der Waals surface area contributed by atoms with Crippen LogP contribution in [0.3, 0.4) is 0 Å². The molecule has 0 aromatic heterocycles. The Hall–Kier alpha value is -1.04. The number of hydrogen-bond acceptors (Lipinski definition) is 3. The van der Waals surface area contributed by atoms with E-state index in [1.807, 2.05) is 6.26 Å². The highest BCUT2D eigenvalue weighted by Gasteiger charge is 2.34. The Bertz CT molecular complexity index is 368. The van der Waals surface area contributed by atoms with Gasteiger partial charge in [0.2, 0.25) is 0 Å². The number of anilines is 1. The topological polar surface area (TPSA) is 35.2 Å². The van der Waals surface area contributed by atoms with E-state index in [1.54, 1.807) is 11.8 Å². The van der Waals surface area contributed by atoms with E-state index in [0.29, 0.717) is 6.42 Å². The maximum Gasteiger partial charge on any atom is 0.420 e. The van der Waals surface area contributed by atoms with Crippen molar-refractivity contribution in [2.45, 2.75) is 12.6 Å². The van der Waals surface area contributed by atoms with Crippen LogP contribution >= 0.6 is 11.8 Å². The molecule has 1 aromatic carbocycles. The van der Waals surface area contributed by atoms with Crippen molar-refractivity contribution in [1.29, 1.82) is 0 Å². The number of benzene rings is 1. The summed E-state index contributed by atoms with van der Waals surface area (Å²) >= 11 is 1.63. The van der Waals surface area contributed by atoms with E-state index in [2.05, 4.69) is 0 Å². The van der Waals surface area contributed by atoms with Gasteiger partial charge in [-0.15, -0.1) is 0 Å². The fraction of sp³-hybridized carbons (Fsp3) is 0.455. The Morgan fingerprint density at radius 2 is 2.06 bits per heavy atom. The summed E-state index contributed by atoms with van der Waals surface area (Å²) in [6, 6.07) is 3.56. The molecular formula is C11H14F3NOS. The third kappa shape index (κ3) is 4.38. The second kappa shape index (κ2) is 6.05. The van der Waals surface area contributed by atoms with E-state index >= 15 is 0 Å². The summed E-state index contributed by atoms with van der Waals surface area (Å²) < 4.78 is 43.1. The predicted octanol–water partition coefficient (Wildman–Crippen LogP) is 3.42. The molecule has 1 rings (SSSR count). The first kappa shape index (κ1) is 14.0. The van der Waals surface area contributed by atoms with Gasteiger partial charge < -0.3 is 10.5 Å². The average molecular weight is 265 g/mol. The molecule has 2 nitrogen and oxygen atoms in total. The Morgan fingerprint density at radius 3 is 2.65 bits per heavy atom. The molecule has 0 saturated heterocycles. The number of halogens is 3. The van der Waals surface area contributed by atoms with Crippen LogP contribution < -0.4 is 10.5 Å². The summed E-state index contributed by atoms with van der Waals surface area (Å²) in [6.45, 7) is 0.272. The van der Waals surface area contributed by atoms with Crippen molar-refractivity contribution in [3.05, 3.63) is 23.8 Å². The lowest BCUT2D eigenvalue weighted by atomic mass is 10.1. The molecule has 6 heteroatoms. The maximum absolute atomic E-state index is 12.7. The highest BCUT2D eigenvalue weighted by Crippen LogP contribution is 2.37. The average Bonchev–Trinajstić information content (AvgIpc) is 2.25. The van der Waals surface area contributed by atoms with Crippen LogP contribution in [-0.2, 0) is 6.18 Å². The van der Waals surface area contributed by atoms with Crippen molar-refractivity contribution in [3.63, 3.8) is 0 Å². The molecule has 0 aliphatic rings. The van der Waals surface area contributed by atoms with Crippen LogP contribution in [0.25, 0.3) is 0 Å². The van der Waals surface area contributed by atoms with Gasteiger partial charge in [0, 0.05) is 5.69 Å². The van der Waals surface area contributed by atoms with Crippen molar-refractivity contribution < 1.29 is 17.9 Å². The second-order valence-electron chi connectivity index (χ2n) is 3.45. The Morgan fingerprint density at radius 1 is 1.35 bits per heavy atom. The van der Waals surface area contributed by atoms with Crippen molar-refractivity contribution in [2.24, 2.45) is 0 Å². The minimum Gasteiger partial charge on any atom is -0.493 e. The fourth-order valence-electron chi connectivity index (χ4n) is 1.28. The molecule has 1 aromatic rings. The molecule has 0 heterocycles. The Balaban J connectivity index is 2.77. The zero-order chi connectivity index (χ0) is 12.9. The van der Waals surface area contributed by atoms with Crippen LogP contribution in [0.5, 0.6) is 5.75 Å². The number of hydrogen-bond donors (Lipinski definition) is 1. The lowest BCUT2D eigenvalue weighted by Gasteiger charge is -2.14. The van der Waals surface area contributed by atoms with Crippen LogP contribution in [0.2, 0.25) is 0 Å². The van der Waals surface area contributed by atoms with E-state index in [9.17, 15) is 13.2 Å². The SMILES string of the molecule is CSCCCOc1ccc(N)cc1C(F)(F)F. The van der Waals surface area contributed by atoms with Gasteiger partial charge in [-0.05, 0) is 36.6 Å². The van der Waals surface area contributed by atoms with E-state index in [1.165, 1.54) is 12.1 Å². The van der Waals surface area contributed by atoms with Crippen LogP contribution in [0.15, 0.2) is 18.2 Å². The minimum absolute atomic E-state index is 0.0776. The number of ether oxygens (including phenoxy) is 1. The first-order chi connectivity index (χ1) is 7.95. The molecule has 0 fully saturated rings. The minimum atomic E-state index is -4.44. The first-order valence-electron chi connectivity index (χ1n) is 5.03. The van der Waals surface area contributed by atoms with Gasteiger partial charge in [0.15, 0.2) is 0 Å². The molecule has 2 N–H and O–H groups in total. The molecule has 0 spiro atoms. The van der Waals surface area contributed by atoms with Crippen molar-refractivity contribution in [1.82, 2.24) is 0 Å². The summed E-state index contributed by atoms with van der Waals surface area (Å²) in [4.78, 5) is 0. The van der Waals surface area contributed by atoms with E-state index in [-0.39, 0.29) is 18.0 Å². The lowest BCUT2D eigenvalue weighted by Crippen LogP contribution is -2.10. The molecule has 0 amide bonds. The van der Waals surface area contributed by atoms with Crippen LogP contribution in [0, 0.1) is 0 Å². The molecule has 96 valence electrons. The number of nitrogen functional groups attached to an aromatic ring is 1. The van der Waals surface area contributed by atoms with Crippen LogP contribution in [-0.4, -0.2) is 18.6 Å². The zero-order valence-electron chi connectivity index (χ0n) is 9.38. The lowest BCUT2D eigenvalue weighted by molar-refractivity contribution is -0.138. The predicted molar refractivity (Wildman–Crippen MR) is 64.4 cm³/mol. The number of alkyl halides is 3. The summed E-state index contributed by atoms with van der Waals surface area (Å²) in [5.41, 5.74) is 4.60. The highest BCUT2D eigenvalue weighted by atomic mass is 32.2. The number of nitrogens with two attached hydrogens (primary N) is 1. The van der Waals surface area contributed by atoms with Crippen LogP contribution in [0.4, 0.5) is 18.9 Å². The van der Waals surface area contributed by atoms with E-state index < -0.39 is 11.7 Å². The summed E-state index contributed by atoms with van der Waals surface area (Å²) in [7, 11) is 0. The largest absolute Gasteiger partial charge is 0.493 e. The Kier molecular flexibility index (Phi) is 4.99. The first-order valence-corrected chi connectivity index (χ1v) is 6.43. The smallest absolute Gasteiger partial charge is 0.420 e. The molecule has 17 heavy (non-hydrogen) atoms. The van der Waals surface area contributed by atoms with Crippen LogP contribution in [0.1, 0.15) is 12.0 Å². The highest BCUT2D eigenvalue weighted by molar-refractivity contribution is 7.98. The molecule has 0 atom stereocenters. The van der Waals surface area contributed by atoms with Gasteiger partial charge in [-0.3, -0.25) is 0 Å². The van der Waals surface area contributed by atoms with Crippen molar-refractivity contribution in [3.8, 4) is 5.75 Å². The normalized spacial score (nSPS) is 11.5. The third-order valence-electron chi connectivity index (χ3n) is 2.06. The number of rotatable bonds is 5. The molecule has 0 saturated carbocycles. The van der Waals surface area contributed by atoms with Gasteiger partial charge in [0.05, 0.1) is 12.2 Å². The molecule has 0 bridgehead atoms. The summed E-state index contributed by atoms with van der Waals surface area (Å²) in [5.74, 6) is 0.698. The van der Waals surface area contributed by atoms with Gasteiger partial charge >= 0.3 is 6.18 Å².